The maximum Gasteiger partial charge on any atom is 0.416 e. The summed E-state index contributed by atoms with van der Waals surface area (Å²) in [7, 11) is 0. The quantitative estimate of drug-likeness (QED) is 0.808. The predicted molar refractivity (Wildman–Crippen MR) is 67.5 cm³/mol. The lowest BCUT2D eigenvalue weighted by molar-refractivity contribution is -0.137. The zero-order chi connectivity index (χ0) is 14.9. The number of ketones is 1. The Morgan fingerprint density at radius 2 is 1.85 bits per heavy atom. The molecule has 0 saturated carbocycles. The molecule has 6 heteroatoms. The van der Waals surface area contributed by atoms with Gasteiger partial charge in [0.25, 0.3) is 0 Å². The zero-order valence-electron chi connectivity index (χ0n) is 11.0. The van der Waals surface area contributed by atoms with Crippen LogP contribution < -0.4 is 0 Å². The molecule has 0 radical (unpaired) electrons. The number of benzene rings is 1. The van der Waals surface area contributed by atoms with E-state index in [1.807, 2.05) is 6.92 Å². The average molecular weight is 282 g/mol. The van der Waals surface area contributed by atoms with Crippen LogP contribution in [0.4, 0.5) is 13.2 Å². The molecule has 1 heterocycles. The molecule has 0 aliphatic rings. The third-order valence-corrected chi connectivity index (χ3v) is 2.91. The smallest absolute Gasteiger partial charge is 0.287 e. The van der Waals surface area contributed by atoms with Gasteiger partial charge in [0.15, 0.2) is 0 Å². The van der Waals surface area contributed by atoms with Crippen molar-refractivity contribution in [1.82, 2.24) is 9.78 Å². The summed E-state index contributed by atoms with van der Waals surface area (Å²) in [6.07, 6.45) is -4.40. The van der Waals surface area contributed by atoms with Crippen molar-refractivity contribution < 1.29 is 18.0 Å². The first kappa shape index (κ1) is 14.3. The summed E-state index contributed by atoms with van der Waals surface area (Å²) in [5.41, 5.74) is 0.522. The number of carbonyl (C=O) groups is 1. The second kappa shape index (κ2) is 5.11. The number of hydrogen-bond acceptors (Lipinski definition) is 2. The summed E-state index contributed by atoms with van der Waals surface area (Å²) < 4.78 is 38.9. The predicted octanol–water partition coefficient (Wildman–Crippen LogP) is 3.46. The van der Waals surface area contributed by atoms with E-state index < -0.39 is 11.7 Å². The van der Waals surface area contributed by atoms with Gasteiger partial charge in [-0.1, -0.05) is 12.1 Å². The van der Waals surface area contributed by atoms with Gasteiger partial charge in [-0.3, -0.25) is 9.48 Å². The Hall–Kier alpha value is -2.11. The van der Waals surface area contributed by atoms with Crippen molar-refractivity contribution in [3.63, 3.8) is 0 Å². The van der Waals surface area contributed by atoms with Crippen LogP contribution in [0, 0.1) is 6.92 Å². The minimum Gasteiger partial charge on any atom is -0.287 e. The molecule has 0 N–H and O–H groups in total. The van der Waals surface area contributed by atoms with Crippen LogP contribution in [0.3, 0.4) is 0 Å². The van der Waals surface area contributed by atoms with Crippen molar-refractivity contribution in [1.29, 1.82) is 0 Å². The van der Waals surface area contributed by atoms with Crippen molar-refractivity contribution in [2.45, 2.75) is 26.6 Å². The standard InChI is InChI=1S/C14H13F3N2O/c1-3-19-12(8-9(2)18-19)13(20)10-4-6-11(7-5-10)14(15,16)17/h4-8H,3H2,1-2H3. The van der Waals surface area contributed by atoms with Gasteiger partial charge in [0.05, 0.1) is 11.3 Å². The molecular formula is C14H13F3N2O. The molecule has 0 unspecified atom stereocenters. The number of alkyl halides is 3. The van der Waals surface area contributed by atoms with E-state index in [-0.39, 0.29) is 11.3 Å². The third kappa shape index (κ3) is 2.74. The fraction of sp³-hybridized carbons (Fsp3) is 0.286. The van der Waals surface area contributed by atoms with Crippen LogP contribution in [0.5, 0.6) is 0 Å². The van der Waals surface area contributed by atoms with Gasteiger partial charge in [-0.05, 0) is 32.0 Å². The van der Waals surface area contributed by atoms with Crippen LogP contribution in [-0.4, -0.2) is 15.6 Å². The molecule has 0 aliphatic carbocycles. The average Bonchev–Trinajstić information content (AvgIpc) is 2.78. The van der Waals surface area contributed by atoms with Gasteiger partial charge in [0.2, 0.25) is 5.78 Å². The van der Waals surface area contributed by atoms with Crippen molar-refractivity contribution >= 4 is 5.78 Å². The molecule has 20 heavy (non-hydrogen) atoms. The highest BCUT2D eigenvalue weighted by Gasteiger charge is 2.30. The summed E-state index contributed by atoms with van der Waals surface area (Å²) in [5.74, 6) is -0.332. The first-order chi connectivity index (χ1) is 9.32. The molecule has 106 valence electrons. The number of hydrogen-bond donors (Lipinski definition) is 0. The highest BCUT2D eigenvalue weighted by atomic mass is 19.4. The number of halogens is 3. The Morgan fingerprint density at radius 3 is 2.35 bits per heavy atom. The monoisotopic (exact) mass is 282 g/mol. The van der Waals surface area contributed by atoms with Gasteiger partial charge in [0, 0.05) is 12.1 Å². The highest BCUT2D eigenvalue weighted by Crippen LogP contribution is 2.29. The van der Waals surface area contributed by atoms with E-state index in [1.165, 1.54) is 16.8 Å². The second-order valence-corrected chi connectivity index (χ2v) is 4.39. The molecule has 3 nitrogen and oxygen atoms in total. The fourth-order valence-electron chi connectivity index (χ4n) is 1.93. The van der Waals surface area contributed by atoms with E-state index in [0.29, 0.717) is 17.9 Å². The maximum absolute atomic E-state index is 12.5. The van der Waals surface area contributed by atoms with Gasteiger partial charge >= 0.3 is 6.18 Å². The first-order valence-electron chi connectivity index (χ1n) is 6.09. The summed E-state index contributed by atoms with van der Waals surface area (Å²) >= 11 is 0. The summed E-state index contributed by atoms with van der Waals surface area (Å²) in [6.45, 7) is 4.13. The topological polar surface area (TPSA) is 34.9 Å². The van der Waals surface area contributed by atoms with E-state index in [9.17, 15) is 18.0 Å². The Kier molecular flexibility index (Phi) is 3.65. The van der Waals surface area contributed by atoms with Gasteiger partial charge in [-0.15, -0.1) is 0 Å². The SMILES string of the molecule is CCn1nc(C)cc1C(=O)c1ccc(C(F)(F)F)cc1. The molecule has 0 bridgehead atoms. The Labute approximate surface area is 114 Å². The van der Waals surface area contributed by atoms with Gasteiger partial charge < -0.3 is 0 Å². The van der Waals surface area contributed by atoms with Crippen LogP contribution in [0.1, 0.15) is 34.2 Å². The number of rotatable bonds is 3. The lowest BCUT2D eigenvalue weighted by Gasteiger charge is -2.07. The van der Waals surface area contributed by atoms with Crippen LogP contribution in [-0.2, 0) is 12.7 Å². The summed E-state index contributed by atoms with van der Waals surface area (Å²) in [6, 6.07) is 5.82. The third-order valence-electron chi connectivity index (χ3n) is 2.91. The van der Waals surface area contributed by atoms with Crippen molar-refractivity contribution in [2.24, 2.45) is 0 Å². The number of nitrogens with zero attached hydrogens (tertiary/aromatic N) is 2. The van der Waals surface area contributed by atoms with Crippen molar-refractivity contribution in [3.05, 3.63) is 52.8 Å². The van der Waals surface area contributed by atoms with Crippen LogP contribution >= 0.6 is 0 Å². The molecular weight excluding hydrogens is 269 g/mol. The molecule has 1 aromatic heterocycles. The zero-order valence-corrected chi connectivity index (χ0v) is 11.0. The second-order valence-electron chi connectivity index (χ2n) is 4.39. The minimum atomic E-state index is -4.40. The molecule has 0 atom stereocenters. The highest BCUT2D eigenvalue weighted by molar-refractivity contribution is 6.07. The minimum absolute atomic E-state index is 0.215. The Bertz CT molecular complexity index is 627. The Morgan fingerprint density at radius 1 is 1.25 bits per heavy atom. The fourth-order valence-corrected chi connectivity index (χ4v) is 1.93. The molecule has 0 spiro atoms. The van der Waals surface area contributed by atoms with E-state index in [0.717, 1.165) is 12.1 Å². The summed E-state index contributed by atoms with van der Waals surface area (Å²) in [5, 5.41) is 4.15. The molecule has 1 aromatic carbocycles. The number of aryl methyl sites for hydroxylation is 2. The summed E-state index contributed by atoms with van der Waals surface area (Å²) in [4.78, 5) is 12.3. The van der Waals surface area contributed by atoms with E-state index in [4.69, 9.17) is 0 Å². The van der Waals surface area contributed by atoms with Crippen molar-refractivity contribution in [2.75, 3.05) is 0 Å². The molecule has 0 aliphatic heterocycles. The van der Waals surface area contributed by atoms with E-state index >= 15 is 0 Å². The van der Waals surface area contributed by atoms with Gasteiger partial charge in [0.1, 0.15) is 5.69 Å². The normalized spacial score (nSPS) is 11.7. The first-order valence-corrected chi connectivity index (χ1v) is 6.09. The molecule has 0 amide bonds. The molecule has 2 rings (SSSR count). The largest absolute Gasteiger partial charge is 0.416 e. The van der Waals surface area contributed by atoms with Crippen LogP contribution in [0.25, 0.3) is 0 Å². The number of carbonyl (C=O) groups excluding carboxylic acids is 1. The molecule has 0 fully saturated rings. The van der Waals surface area contributed by atoms with E-state index in [1.54, 1.807) is 13.0 Å². The molecule has 0 saturated heterocycles. The lowest BCUT2D eigenvalue weighted by Crippen LogP contribution is -2.11. The van der Waals surface area contributed by atoms with Crippen LogP contribution in [0.2, 0.25) is 0 Å². The van der Waals surface area contributed by atoms with Crippen LogP contribution in [0.15, 0.2) is 30.3 Å². The van der Waals surface area contributed by atoms with Crippen molar-refractivity contribution in [3.8, 4) is 0 Å². The maximum atomic E-state index is 12.5. The Balaban J connectivity index is 2.34. The number of aromatic nitrogens is 2. The van der Waals surface area contributed by atoms with E-state index in [2.05, 4.69) is 5.10 Å². The van der Waals surface area contributed by atoms with Gasteiger partial charge in [-0.2, -0.15) is 18.3 Å². The lowest BCUT2D eigenvalue weighted by atomic mass is 10.1. The van der Waals surface area contributed by atoms with Gasteiger partial charge in [-0.25, -0.2) is 0 Å². The molecule has 2 aromatic rings.